The van der Waals surface area contributed by atoms with Crippen molar-refractivity contribution in [2.45, 2.75) is 0 Å². The van der Waals surface area contributed by atoms with Gasteiger partial charge in [0.2, 0.25) is 5.95 Å². The van der Waals surface area contributed by atoms with E-state index in [4.69, 9.17) is 15.0 Å². The van der Waals surface area contributed by atoms with Gasteiger partial charge in [-0.05, 0) is 36.4 Å². The number of hydrogen-bond acceptors (Lipinski definition) is 3. The third-order valence-corrected chi connectivity index (χ3v) is 6.94. The quantitative estimate of drug-likeness (QED) is 0.274. The largest absolute Gasteiger partial charge is 0.298 e. The Labute approximate surface area is 205 Å². The number of benzene rings is 4. The zero-order valence-corrected chi connectivity index (χ0v) is 19.2. The van der Waals surface area contributed by atoms with Crippen LogP contribution >= 0.6 is 0 Å². The lowest BCUT2D eigenvalue weighted by atomic mass is 10.1. The van der Waals surface area contributed by atoms with Crippen LogP contribution in [0.15, 0.2) is 115 Å². The van der Waals surface area contributed by atoms with E-state index >= 15 is 0 Å². The molecule has 0 unspecified atom stereocenters. The molecule has 36 heavy (non-hydrogen) atoms. The van der Waals surface area contributed by atoms with Crippen molar-refractivity contribution in [1.29, 1.82) is 0 Å². The van der Waals surface area contributed by atoms with Crippen molar-refractivity contribution in [3.8, 4) is 17.2 Å². The number of aromatic nitrogens is 5. The molecule has 0 atom stereocenters. The van der Waals surface area contributed by atoms with Gasteiger partial charge in [0.25, 0.3) is 0 Å². The first-order chi connectivity index (χ1) is 17.9. The molecule has 4 aromatic carbocycles. The van der Waals surface area contributed by atoms with Crippen molar-refractivity contribution in [2.75, 3.05) is 0 Å². The fourth-order valence-electron chi connectivity index (χ4n) is 5.38. The summed E-state index contributed by atoms with van der Waals surface area (Å²) in [7, 11) is 0. The standard InChI is InChI=1S/C31H19N5/c1-2-10-20(11-3-1)28-23-13-4-6-14-24(23)33-31(34-28)36-26-15-7-5-12-21(26)22-17-18-25-30(29(22)36)35-19-9-8-16-27(35)32-25/h1-19H. The molecule has 168 valence electrons. The maximum absolute atomic E-state index is 5.21. The van der Waals surface area contributed by atoms with Crippen LogP contribution in [0.5, 0.6) is 0 Å². The minimum Gasteiger partial charge on any atom is -0.298 e. The topological polar surface area (TPSA) is 48.0 Å². The molecule has 0 saturated carbocycles. The Balaban J connectivity index is 1.59. The lowest BCUT2D eigenvalue weighted by Crippen LogP contribution is -2.04. The van der Waals surface area contributed by atoms with Crippen LogP contribution in [0.25, 0.3) is 66.6 Å². The molecule has 0 aliphatic heterocycles. The lowest BCUT2D eigenvalue weighted by molar-refractivity contribution is 1.01. The molecule has 0 aliphatic rings. The van der Waals surface area contributed by atoms with Crippen LogP contribution in [-0.2, 0) is 0 Å². The second-order valence-corrected chi connectivity index (χ2v) is 8.98. The van der Waals surface area contributed by atoms with Crippen molar-refractivity contribution in [1.82, 2.24) is 23.9 Å². The fraction of sp³-hybridized carbons (Fsp3) is 0. The summed E-state index contributed by atoms with van der Waals surface area (Å²) in [4.78, 5) is 15.2. The second-order valence-electron chi connectivity index (χ2n) is 8.98. The highest BCUT2D eigenvalue weighted by Crippen LogP contribution is 2.37. The molecule has 0 amide bonds. The van der Waals surface area contributed by atoms with Gasteiger partial charge in [-0.2, -0.15) is 0 Å². The van der Waals surface area contributed by atoms with E-state index in [1.165, 1.54) is 5.39 Å². The van der Waals surface area contributed by atoms with Gasteiger partial charge < -0.3 is 0 Å². The summed E-state index contributed by atoms with van der Waals surface area (Å²) in [5, 5.41) is 3.35. The van der Waals surface area contributed by atoms with Crippen LogP contribution in [-0.4, -0.2) is 23.9 Å². The van der Waals surface area contributed by atoms with Crippen molar-refractivity contribution in [3.05, 3.63) is 115 Å². The average Bonchev–Trinajstić information content (AvgIpc) is 3.48. The van der Waals surface area contributed by atoms with Gasteiger partial charge in [-0.1, -0.05) is 72.8 Å². The van der Waals surface area contributed by atoms with Crippen LogP contribution in [0.4, 0.5) is 0 Å². The van der Waals surface area contributed by atoms with Gasteiger partial charge in [0.1, 0.15) is 5.65 Å². The molecule has 0 radical (unpaired) electrons. The highest BCUT2D eigenvalue weighted by Gasteiger charge is 2.20. The fourth-order valence-corrected chi connectivity index (χ4v) is 5.38. The van der Waals surface area contributed by atoms with Gasteiger partial charge in [0, 0.05) is 27.9 Å². The predicted molar refractivity (Wildman–Crippen MR) is 146 cm³/mol. The Morgan fingerprint density at radius 3 is 2.19 bits per heavy atom. The van der Waals surface area contributed by atoms with Crippen molar-refractivity contribution >= 4 is 49.4 Å². The van der Waals surface area contributed by atoms with E-state index in [1.54, 1.807) is 0 Å². The highest BCUT2D eigenvalue weighted by atomic mass is 15.2. The predicted octanol–water partition coefficient (Wildman–Crippen LogP) is 7.19. The first-order valence-corrected chi connectivity index (χ1v) is 12.0. The van der Waals surface area contributed by atoms with Crippen LogP contribution in [0.2, 0.25) is 0 Å². The molecule has 5 heteroatoms. The molecule has 5 nitrogen and oxygen atoms in total. The summed E-state index contributed by atoms with van der Waals surface area (Å²) >= 11 is 0. The van der Waals surface area contributed by atoms with E-state index in [2.05, 4.69) is 75.8 Å². The van der Waals surface area contributed by atoms with Gasteiger partial charge in [-0.15, -0.1) is 0 Å². The maximum atomic E-state index is 5.21. The zero-order chi connectivity index (χ0) is 23.6. The summed E-state index contributed by atoms with van der Waals surface area (Å²) in [5.41, 5.74) is 7.95. The third-order valence-electron chi connectivity index (χ3n) is 6.94. The number of hydrogen-bond donors (Lipinski definition) is 0. The monoisotopic (exact) mass is 461 g/mol. The van der Waals surface area contributed by atoms with E-state index < -0.39 is 0 Å². The Hall–Kier alpha value is -5.03. The SMILES string of the molecule is c1ccc(-c2nc(-n3c4ccccc4c4ccc5nc6ccccn6c5c43)nc3ccccc23)cc1. The molecule has 0 N–H and O–H groups in total. The van der Waals surface area contributed by atoms with Crippen LogP contribution in [0.1, 0.15) is 0 Å². The molecular formula is C31H19N5. The van der Waals surface area contributed by atoms with Crippen molar-refractivity contribution in [3.63, 3.8) is 0 Å². The minimum atomic E-state index is 0.650. The number of pyridine rings is 1. The molecule has 4 aromatic heterocycles. The highest BCUT2D eigenvalue weighted by molar-refractivity contribution is 6.17. The molecule has 0 bridgehead atoms. The summed E-state index contributed by atoms with van der Waals surface area (Å²) in [6.07, 6.45) is 2.07. The Morgan fingerprint density at radius 2 is 1.28 bits per heavy atom. The summed E-state index contributed by atoms with van der Waals surface area (Å²) in [6.45, 7) is 0. The molecular weight excluding hydrogens is 442 g/mol. The van der Waals surface area contributed by atoms with Crippen LogP contribution in [0, 0.1) is 0 Å². The van der Waals surface area contributed by atoms with Gasteiger partial charge in [-0.25, -0.2) is 15.0 Å². The lowest BCUT2D eigenvalue weighted by Gasteiger charge is -2.12. The first kappa shape index (κ1) is 19.3. The normalized spacial score (nSPS) is 11.9. The molecule has 0 spiro atoms. The molecule has 4 heterocycles. The van der Waals surface area contributed by atoms with E-state index in [-0.39, 0.29) is 0 Å². The molecule has 0 saturated heterocycles. The molecule has 8 rings (SSSR count). The van der Waals surface area contributed by atoms with E-state index in [1.807, 2.05) is 48.5 Å². The van der Waals surface area contributed by atoms with Crippen LogP contribution < -0.4 is 0 Å². The third kappa shape index (κ3) is 2.62. The summed E-state index contributed by atoms with van der Waals surface area (Å²) in [6, 6.07) is 37.4. The smallest absolute Gasteiger partial charge is 0.235 e. The Bertz CT molecular complexity index is 2100. The van der Waals surface area contributed by atoms with Gasteiger partial charge in [0.05, 0.1) is 33.3 Å². The zero-order valence-electron chi connectivity index (χ0n) is 19.2. The van der Waals surface area contributed by atoms with Gasteiger partial charge in [-0.3, -0.25) is 8.97 Å². The summed E-state index contributed by atoms with van der Waals surface area (Å²) in [5.74, 6) is 0.650. The number of nitrogens with zero attached hydrogens (tertiary/aromatic N) is 5. The number of rotatable bonds is 2. The van der Waals surface area contributed by atoms with E-state index in [0.717, 1.165) is 55.3 Å². The molecule has 0 fully saturated rings. The average molecular weight is 462 g/mol. The number of imidazole rings is 1. The van der Waals surface area contributed by atoms with Crippen molar-refractivity contribution in [2.24, 2.45) is 0 Å². The first-order valence-electron chi connectivity index (χ1n) is 12.0. The summed E-state index contributed by atoms with van der Waals surface area (Å²) < 4.78 is 4.36. The van der Waals surface area contributed by atoms with E-state index in [0.29, 0.717) is 5.95 Å². The van der Waals surface area contributed by atoms with Crippen LogP contribution in [0.3, 0.4) is 0 Å². The Morgan fingerprint density at radius 1 is 0.500 bits per heavy atom. The van der Waals surface area contributed by atoms with Gasteiger partial charge in [0.15, 0.2) is 0 Å². The molecule has 8 aromatic rings. The second kappa shape index (κ2) is 7.23. The Kier molecular flexibility index (Phi) is 3.88. The van der Waals surface area contributed by atoms with Gasteiger partial charge >= 0.3 is 0 Å². The minimum absolute atomic E-state index is 0.650. The maximum Gasteiger partial charge on any atom is 0.235 e. The van der Waals surface area contributed by atoms with E-state index in [9.17, 15) is 0 Å². The number of para-hydroxylation sites is 2. The van der Waals surface area contributed by atoms with Crippen molar-refractivity contribution < 1.29 is 0 Å². The molecule has 0 aliphatic carbocycles. The number of fused-ring (bicyclic) bond motifs is 8.